The third-order valence-corrected chi connectivity index (χ3v) is 4.66. The number of hydrogen-bond acceptors (Lipinski definition) is 3. The second-order valence-corrected chi connectivity index (χ2v) is 7.97. The number of nitrogens with one attached hydrogen (secondary N) is 2. The van der Waals surface area contributed by atoms with Crippen molar-refractivity contribution in [2.45, 2.75) is 19.3 Å². The molecule has 0 aliphatic carbocycles. The summed E-state index contributed by atoms with van der Waals surface area (Å²) in [6.07, 6.45) is 1.72. The first-order chi connectivity index (χ1) is 11.8. The van der Waals surface area contributed by atoms with Crippen molar-refractivity contribution in [3.63, 3.8) is 0 Å². The lowest BCUT2D eigenvalue weighted by Gasteiger charge is -2.13. The molecule has 134 valence electrons. The largest absolute Gasteiger partial charge is 0.351 e. The molecule has 0 radical (unpaired) electrons. The summed E-state index contributed by atoms with van der Waals surface area (Å²) in [6.45, 7) is 3.00. The molecule has 0 fully saturated rings. The van der Waals surface area contributed by atoms with Gasteiger partial charge in [-0.25, -0.2) is 13.1 Å². The standard InChI is InChI=1S/C19H24N2O3S/c1-15(17-6-4-3-5-7-17)14-20-19(22)18-10-8-16(9-11-18)12-13-21-25(2,23)24/h3-11,15,21H,12-14H2,1-2H3,(H,20,22). The van der Waals surface area contributed by atoms with Gasteiger partial charge in [-0.15, -0.1) is 0 Å². The van der Waals surface area contributed by atoms with Gasteiger partial charge in [0.25, 0.3) is 5.91 Å². The normalized spacial score (nSPS) is 12.6. The van der Waals surface area contributed by atoms with Gasteiger partial charge >= 0.3 is 0 Å². The monoisotopic (exact) mass is 360 g/mol. The van der Waals surface area contributed by atoms with Crippen molar-refractivity contribution in [1.82, 2.24) is 10.0 Å². The van der Waals surface area contributed by atoms with E-state index in [0.717, 1.165) is 11.8 Å². The minimum absolute atomic E-state index is 0.108. The van der Waals surface area contributed by atoms with Crippen molar-refractivity contribution >= 4 is 15.9 Å². The molecule has 0 aromatic heterocycles. The van der Waals surface area contributed by atoms with Crippen molar-refractivity contribution in [1.29, 1.82) is 0 Å². The lowest BCUT2D eigenvalue weighted by atomic mass is 10.0. The van der Waals surface area contributed by atoms with Crippen LogP contribution in [0.5, 0.6) is 0 Å². The summed E-state index contributed by atoms with van der Waals surface area (Å²) in [5, 5.41) is 2.95. The molecule has 0 aliphatic rings. The van der Waals surface area contributed by atoms with E-state index >= 15 is 0 Å². The molecule has 1 atom stereocenters. The topological polar surface area (TPSA) is 75.3 Å². The SMILES string of the molecule is CC(CNC(=O)c1ccc(CCNS(C)(=O)=O)cc1)c1ccccc1. The second-order valence-electron chi connectivity index (χ2n) is 6.14. The van der Waals surface area contributed by atoms with E-state index in [0.29, 0.717) is 25.1 Å². The fraction of sp³-hybridized carbons (Fsp3) is 0.316. The van der Waals surface area contributed by atoms with Gasteiger partial charge in [-0.2, -0.15) is 0 Å². The first-order valence-corrected chi connectivity index (χ1v) is 10.1. The summed E-state index contributed by atoms with van der Waals surface area (Å²) in [5.41, 5.74) is 2.77. The molecular weight excluding hydrogens is 336 g/mol. The molecule has 2 aromatic carbocycles. The zero-order chi connectivity index (χ0) is 18.3. The third-order valence-electron chi connectivity index (χ3n) is 3.93. The van der Waals surface area contributed by atoms with Crippen LogP contribution in [-0.4, -0.2) is 33.7 Å². The molecule has 0 aliphatic heterocycles. The van der Waals surface area contributed by atoms with Crippen molar-refractivity contribution in [3.05, 3.63) is 71.3 Å². The van der Waals surface area contributed by atoms with Crippen LogP contribution in [0.3, 0.4) is 0 Å². The molecule has 2 N–H and O–H groups in total. The van der Waals surface area contributed by atoms with Gasteiger partial charge in [-0.05, 0) is 35.6 Å². The number of carbonyl (C=O) groups is 1. The van der Waals surface area contributed by atoms with E-state index in [2.05, 4.69) is 29.1 Å². The molecule has 0 bridgehead atoms. The van der Waals surface area contributed by atoms with E-state index in [1.165, 1.54) is 5.56 Å². The Morgan fingerprint density at radius 1 is 1.04 bits per heavy atom. The fourth-order valence-corrected chi connectivity index (χ4v) is 2.92. The van der Waals surface area contributed by atoms with Gasteiger partial charge < -0.3 is 5.32 Å². The van der Waals surface area contributed by atoms with Gasteiger partial charge in [0.1, 0.15) is 0 Å². The van der Waals surface area contributed by atoms with Crippen LogP contribution in [0.15, 0.2) is 54.6 Å². The van der Waals surface area contributed by atoms with E-state index < -0.39 is 10.0 Å². The molecule has 0 saturated heterocycles. The molecule has 2 rings (SSSR count). The first-order valence-electron chi connectivity index (χ1n) is 8.22. The lowest BCUT2D eigenvalue weighted by Crippen LogP contribution is -2.27. The van der Waals surface area contributed by atoms with Crippen LogP contribution in [0.2, 0.25) is 0 Å². The summed E-state index contributed by atoms with van der Waals surface area (Å²) in [5.74, 6) is 0.134. The number of hydrogen-bond donors (Lipinski definition) is 2. The highest BCUT2D eigenvalue weighted by Crippen LogP contribution is 2.13. The Kier molecular flexibility index (Phi) is 6.73. The highest BCUT2D eigenvalue weighted by molar-refractivity contribution is 7.88. The van der Waals surface area contributed by atoms with E-state index in [1.807, 2.05) is 30.3 Å². The van der Waals surface area contributed by atoms with E-state index in [1.54, 1.807) is 12.1 Å². The molecule has 2 aromatic rings. The van der Waals surface area contributed by atoms with Crippen LogP contribution in [-0.2, 0) is 16.4 Å². The highest BCUT2D eigenvalue weighted by atomic mass is 32.2. The Hall–Kier alpha value is -2.18. The minimum atomic E-state index is -3.17. The number of amides is 1. The predicted octanol–water partition coefficient (Wildman–Crippen LogP) is 2.31. The lowest BCUT2D eigenvalue weighted by molar-refractivity contribution is 0.0951. The molecular formula is C19H24N2O3S. The molecule has 0 heterocycles. The van der Waals surface area contributed by atoms with Crippen molar-refractivity contribution < 1.29 is 13.2 Å². The van der Waals surface area contributed by atoms with Crippen LogP contribution >= 0.6 is 0 Å². The van der Waals surface area contributed by atoms with Crippen molar-refractivity contribution in [2.75, 3.05) is 19.3 Å². The maximum atomic E-state index is 12.2. The number of carbonyl (C=O) groups excluding carboxylic acids is 1. The van der Waals surface area contributed by atoms with E-state index in [-0.39, 0.29) is 11.8 Å². The fourth-order valence-electron chi connectivity index (χ4n) is 2.45. The number of sulfonamides is 1. The maximum Gasteiger partial charge on any atom is 0.251 e. The minimum Gasteiger partial charge on any atom is -0.351 e. The van der Waals surface area contributed by atoms with Gasteiger partial charge in [0, 0.05) is 18.7 Å². The molecule has 0 saturated carbocycles. The maximum absolute atomic E-state index is 12.2. The van der Waals surface area contributed by atoms with Gasteiger partial charge in [-0.1, -0.05) is 49.4 Å². The van der Waals surface area contributed by atoms with Gasteiger partial charge in [0.05, 0.1) is 6.26 Å². The van der Waals surface area contributed by atoms with Gasteiger partial charge in [0.2, 0.25) is 10.0 Å². The Morgan fingerprint density at radius 3 is 2.28 bits per heavy atom. The highest BCUT2D eigenvalue weighted by Gasteiger charge is 2.09. The first kappa shape index (κ1) is 19.1. The van der Waals surface area contributed by atoms with Crippen LogP contribution in [0.1, 0.15) is 34.3 Å². The molecule has 1 amide bonds. The third kappa shape index (κ3) is 6.68. The summed E-state index contributed by atoms with van der Waals surface area (Å²) in [6, 6.07) is 17.3. The smallest absolute Gasteiger partial charge is 0.251 e. The molecule has 1 unspecified atom stereocenters. The number of benzene rings is 2. The molecule has 0 spiro atoms. The van der Waals surface area contributed by atoms with E-state index in [9.17, 15) is 13.2 Å². The zero-order valence-electron chi connectivity index (χ0n) is 14.5. The predicted molar refractivity (Wildman–Crippen MR) is 100 cm³/mol. The summed E-state index contributed by atoms with van der Waals surface area (Å²) in [7, 11) is -3.17. The van der Waals surface area contributed by atoms with Crippen molar-refractivity contribution in [3.8, 4) is 0 Å². The van der Waals surface area contributed by atoms with Crippen LogP contribution in [0, 0.1) is 0 Å². The molecule has 25 heavy (non-hydrogen) atoms. The summed E-state index contributed by atoms with van der Waals surface area (Å²) < 4.78 is 24.5. The molecule has 5 nitrogen and oxygen atoms in total. The van der Waals surface area contributed by atoms with Gasteiger partial charge in [-0.3, -0.25) is 4.79 Å². The Morgan fingerprint density at radius 2 is 1.68 bits per heavy atom. The van der Waals surface area contributed by atoms with E-state index in [4.69, 9.17) is 0 Å². The van der Waals surface area contributed by atoms with Crippen molar-refractivity contribution in [2.24, 2.45) is 0 Å². The second kappa shape index (κ2) is 8.78. The Balaban J connectivity index is 1.83. The average molecular weight is 360 g/mol. The summed E-state index contributed by atoms with van der Waals surface area (Å²) in [4.78, 5) is 12.2. The molecule has 6 heteroatoms. The quantitative estimate of drug-likeness (QED) is 0.758. The van der Waals surface area contributed by atoms with Crippen LogP contribution < -0.4 is 10.0 Å². The van der Waals surface area contributed by atoms with Gasteiger partial charge in [0.15, 0.2) is 0 Å². The average Bonchev–Trinajstić information content (AvgIpc) is 2.59. The summed E-state index contributed by atoms with van der Waals surface area (Å²) >= 11 is 0. The Bertz CT molecular complexity index is 787. The van der Waals surface area contributed by atoms with Crippen LogP contribution in [0.4, 0.5) is 0 Å². The Labute approximate surface area is 149 Å². The zero-order valence-corrected chi connectivity index (χ0v) is 15.3. The number of rotatable bonds is 8. The van der Waals surface area contributed by atoms with Crippen LogP contribution in [0.25, 0.3) is 0 Å².